The summed E-state index contributed by atoms with van der Waals surface area (Å²) in [6.07, 6.45) is 6.37. The molecule has 0 spiro atoms. The van der Waals surface area contributed by atoms with E-state index in [1.54, 1.807) is 6.20 Å². The van der Waals surface area contributed by atoms with E-state index in [1.165, 1.54) is 12.8 Å². The lowest BCUT2D eigenvalue weighted by atomic mass is 9.87. The van der Waals surface area contributed by atoms with Crippen LogP contribution in [-0.4, -0.2) is 34.5 Å². The highest BCUT2D eigenvalue weighted by Gasteiger charge is 2.37. The van der Waals surface area contributed by atoms with Crippen molar-refractivity contribution in [1.29, 1.82) is 0 Å². The number of aryl methyl sites for hydroxylation is 1. The van der Waals surface area contributed by atoms with Crippen molar-refractivity contribution in [1.82, 2.24) is 15.3 Å². The minimum absolute atomic E-state index is 0.0863. The zero-order valence-corrected chi connectivity index (χ0v) is 10.6. The summed E-state index contributed by atoms with van der Waals surface area (Å²) in [5.74, 6) is 0.782. The Hall–Kier alpha value is -1.65. The number of anilines is 1. The molecule has 3 rings (SSSR count). The minimum atomic E-state index is 0.0863. The topological polar surface area (TPSA) is 58.1 Å². The van der Waals surface area contributed by atoms with Crippen LogP contribution >= 0.6 is 0 Å². The normalized spacial score (nSPS) is 27.6. The molecule has 1 saturated carbocycles. The van der Waals surface area contributed by atoms with Crippen LogP contribution < -0.4 is 10.2 Å². The number of nitrogens with zero attached hydrogens (tertiary/aromatic N) is 3. The zero-order chi connectivity index (χ0) is 12.5. The molecule has 1 aliphatic carbocycles. The highest BCUT2D eigenvalue weighted by Crippen LogP contribution is 2.28. The van der Waals surface area contributed by atoms with E-state index in [2.05, 4.69) is 20.2 Å². The van der Waals surface area contributed by atoms with Gasteiger partial charge in [-0.05, 0) is 25.8 Å². The average Bonchev–Trinajstić information content (AvgIpc) is 2.37. The first-order valence-corrected chi connectivity index (χ1v) is 6.60. The first-order chi connectivity index (χ1) is 8.74. The molecule has 5 heteroatoms. The predicted octanol–water partition coefficient (Wildman–Crippen LogP) is 1.03. The Morgan fingerprint density at radius 1 is 1.39 bits per heavy atom. The molecule has 2 aliphatic rings. The monoisotopic (exact) mass is 246 g/mol. The Kier molecular flexibility index (Phi) is 2.89. The highest BCUT2D eigenvalue weighted by atomic mass is 16.2. The quantitative estimate of drug-likeness (QED) is 0.804. The van der Waals surface area contributed by atoms with Crippen LogP contribution in [0.4, 0.5) is 5.95 Å². The molecule has 1 saturated heterocycles. The van der Waals surface area contributed by atoms with Gasteiger partial charge in [-0.25, -0.2) is 9.97 Å². The summed E-state index contributed by atoms with van der Waals surface area (Å²) in [7, 11) is 0. The lowest BCUT2D eigenvalue weighted by Gasteiger charge is -2.43. The van der Waals surface area contributed by atoms with E-state index >= 15 is 0 Å². The first kappa shape index (κ1) is 11.4. The molecule has 1 aliphatic heterocycles. The molecule has 0 radical (unpaired) electrons. The van der Waals surface area contributed by atoms with Crippen molar-refractivity contribution in [3.8, 4) is 0 Å². The maximum absolute atomic E-state index is 11.8. The predicted molar refractivity (Wildman–Crippen MR) is 68.3 cm³/mol. The van der Waals surface area contributed by atoms with Crippen LogP contribution in [0.3, 0.4) is 0 Å². The van der Waals surface area contributed by atoms with Gasteiger partial charge in [-0.15, -0.1) is 0 Å². The van der Waals surface area contributed by atoms with Crippen LogP contribution in [-0.2, 0) is 4.79 Å². The van der Waals surface area contributed by atoms with Gasteiger partial charge in [0.2, 0.25) is 11.9 Å². The number of piperazine rings is 1. The van der Waals surface area contributed by atoms with Crippen LogP contribution in [0, 0.1) is 6.92 Å². The van der Waals surface area contributed by atoms with E-state index in [4.69, 9.17) is 0 Å². The van der Waals surface area contributed by atoms with Crippen molar-refractivity contribution in [2.75, 3.05) is 11.4 Å². The molecule has 2 atom stereocenters. The standard InChI is InChI=1S/C13H18N4O/c1-9-6-7-14-13(15-9)17-8-12(18)16-10-4-2-3-5-11(10)17/h6-7,10-11H,2-5,8H2,1H3,(H,16,18)/t10-,11+/m1/s1. The number of rotatable bonds is 1. The second-order valence-electron chi connectivity index (χ2n) is 5.15. The third-order valence-electron chi connectivity index (χ3n) is 3.83. The number of hydrogen-bond donors (Lipinski definition) is 1. The van der Waals surface area contributed by atoms with Gasteiger partial charge >= 0.3 is 0 Å². The van der Waals surface area contributed by atoms with Gasteiger partial charge in [0, 0.05) is 17.9 Å². The Morgan fingerprint density at radius 3 is 3.06 bits per heavy atom. The largest absolute Gasteiger partial charge is 0.350 e. The fourth-order valence-electron chi connectivity index (χ4n) is 2.97. The maximum Gasteiger partial charge on any atom is 0.239 e. The Morgan fingerprint density at radius 2 is 2.22 bits per heavy atom. The van der Waals surface area contributed by atoms with Crippen molar-refractivity contribution in [2.45, 2.75) is 44.7 Å². The van der Waals surface area contributed by atoms with Crippen LogP contribution in [0.1, 0.15) is 31.4 Å². The van der Waals surface area contributed by atoms with E-state index in [1.807, 2.05) is 13.0 Å². The zero-order valence-electron chi connectivity index (χ0n) is 10.6. The van der Waals surface area contributed by atoms with Gasteiger partial charge in [0.05, 0.1) is 6.04 Å². The van der Waals surface area contributed by atoms with Gasteiger partial charge in [0.15, 0.2) is 0 Å². The lowest BCUT2D eigenvalue weighted by molar-refractivity contribution is -0.122. The molecule has 2 heterocycles. The van der Waals surface area contributed by atoms with Gasteiger partial charge in [-0.1, -0.05) is 12.8 Å². The molecule has 1 aromatic rings. The summed E-state index contributed by atoms with van der Waals surface area (Å²) in [6, 6.07) is 2.51. The molecule has 2 fully saturated rings. The summed E-state index contributed by atoms with van der Waals surface area (Å²) in [4.78, 5) is 22.6. The van der Waals surface area contributed by atoms with Crippen LogP contribution in [0.25, 0.3) is 0 Å². The first-order valence-electron chi connectivity index (χ1n) is 6.60. The van der Waals surface area contributed by atoms with E-state index < -0.39 is 0 Å². The van der Waals surface area contributed by atoms with Gasteiger partial charge < -0.3 is 10.2 Å². The van der Waals surface area contributed by atoms with E-state index in [-0.39, 0.29) is 11.9 Å². The number of aromatic nitrogens is 2. The molecule has 5 nitrogen and oxygen atoms in total. The van der Waals surface area contributed by atoms with Crippen molar-refractivity contribution in [2.24, 2.45) is 0 Å². The lowest BCUT2D eigenvalue weighted by Crippen LogP contribution is -2.62. The third-order valence-corrected chi connectivity index (χ3v) is 3.83. The third kappa shape index (κ3) is 2.05. The fourth-order valence-corrected chi connectivity index (χ4v) is 2.97. The summed E-state index contributed by atoms with van der Waals surface area (Å²) < 4.78 is 0. The number of fused-ring (bicyclic) bond motifs is 1. The molecule has 0 unspecified atom stereocenters. The van der Waals surface area contributed by atoms with Crippen molar-refractivity contribution in [3.63, 3.8) is 0 Å². The number of nitrogens with one attached hydrogen (secondary N) is 1. The SMILES string of the molecule is Cc1ccnc(N2CC(=O)N[C@@H]3CCCC[C@@H]32)n1. The van der Waals surface area contributed by atoms with Crippen molar-refractivity contribution in [3.05, 3.63) is 18.0 Å². The number of carbonyl (C=O) groups is 1. The van der Waals surface area contributed by atoms with Crippen molar-refractivity contribution >= 4 is 11.9 Å². The summed E-state index contributed by atoms with van der Waals surface area (Å²) in [5, 5.41) is 3.10. The van der Waals surface area contributed by atoms with Gasteiger partial charge in [-0.2, -0.15) is 0 Å². The molecule has 0 bridgehead atoms. The van der Waals surface area contributed by atoms with Gasteiger partial charge in [0.25, 0.3) is 0 Å². The molecule has 1 N–H and O–H groups in total. The highest BCUT2D eigenvalue weighted by molar-refractivity contribution is 5.82. The Labute approximate surface area is 107 Å². The second kappa shape index (κ2) is 4.55. The Balaban J connectivity index is 1.90. The molecule has 0 aromatic carbocycles. The summed E-state index contributed by atoms with van der Waals surface area (Å²) in [5.41, 5.74) is 0.943. The minimum Gasteiger partial charge on any atom is -0.350 e. The fraction of sp³-hybridized carbons (Fsp3) is 0.615. The Bertz CT molecular complexity index is 462. The molecule has 1 amide bonds. The van der Waals surface area contributed by atoms with E-state index in [9.17, 15) is 4.79 Å². The van der Waals surface area contributed by atoms with Crippen LogP contribution in [0.5, 0.6) is 0 Å². The molecule has 96 valence electrons. The van der Waals surface area contributed by atoms with Crippen LogP contribution in [0.2, 0.25) is 0 Å². The number of hydrogen-bond acceptors (Lipinski definition) is 4. The van der Waals surface area contributed by atoms with Crippen LogP contribution in [0.15, 0.2) is 12.3 Å². The van der Waals surface area contributed by atoms with Gasteiger partial charge in [-0.3, -0.25) is 4.79 Å². The maximum atomic E-state index is 11.8. The van der Waals surface area contributed by atoms with E-state index in [0.717, 1.165) is 18.5 Å². The molecular formula is C13H18N4O. The second-order valence-corrected chi connectivity index (χ2v) is 5.15. The van der Waals surface area contributed by atoms with Crippen molar-refractivity contribution < 1.29 is 4.79 Å². The number of amides is 1. The summed E-state index contributed by atoms with van der Waals surface area (Å²) in [6.45, 7) is 2.33. The van der Waals surface area contributed by atoms with Gasteiger partial charge in [0.1, 0.15) is 6.54 Å². The average molecular weight is 246 g/mol. The number of carbonyl (C=O) groups excluding carboxylic acids is 1. The molecule has 1 aromatic heterocycles. The molecule has 18 heavy (non-hydrogen) atoms. The summed E-state index contributed by atoms with van der Waals surface area (Å²) >= 11 is 0. The smallest absolute Gasteiger partial charge is 0.239 e. The molecular weight excluding hydrogens is 228 g/mol. The van der Waals surface area contributed by atoms with E-state index in [0.29, 0.717) is 18.5 Å².